The Bertz CT molecular complexity index is 1100. The lowest BCUT2D eigenvalue weighted by molar-refractivity contribution is -0.119. The largest absolute Gasteiger partial charge is 0.486 e. The Morgan fingerprint density at radius 3 is 2.44 bits per heavy atom. The van der Waals surface area contributed by atoms with Gasteiger partial charge in [-0.1, -0.05) is 11.6 Å². The Balaban J connectivity index is 1.71. The maximum absolute atomic E-state index is 12.4. The predicted octanol–water partition coefficient (Wildman–Crippen LogP) is 2.85. The number of amides is 1. The standard InChI is InChI=1S/C20H18ClNO9S/c1-9-14(19(25)27-2)17(32-16(9)20(26)28-3)22-13(23)8-31-18(24)10-6-11(21)15-12(7-10)29-4-5-30-15/h6-7H,4-5,8H2,1-3H3,(H,22,23). The maximum atomic E-state index is 12.4. The van der Waals surface area contributed by atoms with Crippen LogP contribution in [0.15, 0.2) is 12.1 Å². The Kier molecular flexibility index (Phi) is 7.21. The molecule has 1 aromatic heterocycles. The molecule has 0 unspecified atom stereocenters. The van der Waals surface area contributed by atoms with Crippen molar-refractivity contribution in [2.75, 3.05) is 39.4 Å². The summed E-state index contributed by atoms with van der Waals surface area (Å²) < 4.78 is 25.2. The molecule has 3 rings (SSSR count). The van der Waals surface area contributed by atoms with Crippen LogP contribution in [0.5, 0.6) is 11.5 Å². The Morgan fingerprint density at radius 2 is 1.75 bits per heavy atom. The quantitative estimate of drug-likeness (QED) is 0.487. The van der Waals surface area contributed by atoms with E-state index < -0.39 is 30.4 Å². The van der Waals surface area contributed by atoms with Crippen molar-refractivity contribution in [1.82, 2.24) is 0 Å². The molecule has 12 heteroatoms. The van der Waals surface area contributed by atoms with Crippen molar-refractivity contribution in [3.63, 3.8) is 0 Å². The number of benzene rings is 1. The highest BCUT2D eigenvalue weighted by atomic mass is 35.5. The van der Waals surface area contributed by atoms with Gasteiger partial charge in [0.05, 0.1) is 30.4 Å². The van der Waals surface area contributed by atoms with E-state index >= 15 is 0 Å². The highest BCUT2D eigenvalue weighted by molar-refractivity contribution is 7.18. The van der Waals surface area contributed by atoms with Crippen molar-refractivity contribution in [3.8, 4) is 11.5 Å². The molecule has 0 fully saturated rings. The molecule has 0 saturated heterocycles. The zero-order chi connectivity index (χ0) is 23.4. The smallest absolute Gasteiger partial charge is 0.348 e. The van der Waals surface area contributed by atoms with Crippen molar-refractivity contribution >= 4 is 51.8 Å². The van der Waals surface area contributed by atoms with Gasteiger partial charge in [-0.15, -0.1) is 11.3 Å². The first-order chi connectivity index (χ1) is 15.3. The molecule has 0 spiro atoms. The normalized spacial score (nSPS) is 12.0. The number of methoxy groups -OCH3 is 2. The second kappa shape index (κ2) is 9.88. The molecule has 0 atom stereocenters. The Morgan fingerprint density at radius 1 is 1.06 bits per heavy atom. The number of nitrogens with one attached hydrogen (secondary N) is 1. The van der Waals surface area contributed by atoms with Gasteiger partial charge in [0, 0.05) is 0 Å². The highest BCUT2D eigenvalue weighted by Gasteiger charge is 2.27. The van der Waals surface area contributed by atoms with E-state index in [-0.39, 0.29) is 26.0 Å². The van der Waals surface area contributed by atoms with Crippen molar-refractivity contribution in [2.24, 2.45) is 0 Å². The molecule has 0 bridgehead atoms. The Hall–Kier alpha value is -3.31. The minimum Gasteiger partial charge on any atom is -0.486 e. The fraction of sp³-hybridized carbons (Fsp3) is 0.300. The minimum absolute atomic E-state index is 0.0104. The van der Waals surface area contributed by atoms with Crippen molar-refractivity contribution in [1.29, 1.82) is 0 Å². The number of carbonyl (C=O) groups is 4. The molecule has 32 heavy (non-hydrogen) atoms. The number of fused-ring (bicyclic) bond motifs is 1. The summed E-state index contributed by atoms with van der Waals surface area (Å²) in [6, 6.07) is 2.75. The lowest BCUT2D eigenvalue weighted by Gasteiger charge is -2.19. The third-order valence-electron chi connectivity index (χ3n) is 4.33. The number of anilines is 1. The third kappa shape index (κ3) is 4.78. The average Bonchev–Trinajstić information content (AvgIpc) is 3.11. The summed E-state index contributed by atoms with van der Waals surface area (Å²) in [7, 11) is 2.37. The monoisotopic (exact) mass is 483 g/mol. The van der Waals surface area contributed by atoms with Crippen LogP contribution in [0.1, 0.15) is 36.0 Å². The van der Waals surface area contributed by atoms with Gasteiger partial charge < -0.3 is 29.0 Å². The first-order valence-electron chi connectivity index (χ1n) is 9.13. The summed E-state index contributed by atoms with van der Waals surface area (Å²) >= 11 is 6.95. The number of ether oxygens (including phenoxy) is 5. The third-order valence-corrected chi connectivity index (χ3v) is 5.79. The number of thiophene rings is 1. The van der Waals surface area contributed by atoms with E-state index in [0.29, 0.717) is 30.3 Å². The first-order valence-corrected chi connectivity index (χ1v) is 10.3. The van der Waals surface area contributed by atoms with Crippen molar-refractivity contribution in [2.45, 2.75) is 6.92 Å². The van der Waals surface area contributed by atoms with Crippen LogP contribution < -0.4 is 14.8 Å². The molecule has 170 valence electrons. The average molecular weight is 484 g/mol. The summed E-state index contributed by atoms with van der Waals surface area (Å²) in [5.41, 5.74) is 0.380. The number of rotatable bonds is 6. The first kappa shape index (κ1) is 23.4. The fourth-order valence-electron chi connectivity index (χ4n) is 2.84. The molecular formula is C20H18ClNO9S. The molecule has 0 saturated carbocycles. The second-order valence-electron chi connectivity index (χ2n) is 6.35. The molecule has 1 N–H and O–H groups in total. The number of carbonyl (C=O) groups excluding carboxylic acids is 4. The van der Waals surface area contributed by atoms with E-state index in [0.717, 1.165) is 11.3 Å². The number of esters is 3. The topological polar surface area (TPSA) is 126 Å². The van der Waals surface area contributed by atoms with Crippen LogP contribution in [0.2, 0.25) is 5.02 Å². The molecule has 0 aliphatic carbocycles. The van der Waals surface area contributed by atoms with Gasteiger partial charge in [-0.3, -0.25) is 4.79 Å². The lowest BCUT2D eigenvalue weighted by atomic mass is 10.1. The van der Waals surface area contributed by atoms with Crippen LogP contribution in [0.3, 0.4) is 0 Å². The summed E-state index contributed by atoms with van der Waals surface area (Å²) in [6.45, 7) is 1.51. The van der Waals surface area contributed by atoms with Gasteiger partial charge in [0.2, 0.25) is 0 Å². The molecule has 2 aromatic rings. The van der Waals surface area contributed by atoms with Crippen LogP contribution in [0.4, 0.5) is 5.00 Å². The molecule has 2 heterocycles. The summed E-state index contributed by atoms with van der Waals surface area (Å²) in [5, 5.41) is 2.70. The SMILES string of the molecule is COC(=O)c1sc(NC(=O)COC(=O)c2cc(Cl)c3c(c2)OCCO3)c(C(=O)OC)c1C. The number of hydrogen-bond acceptors (Lipinski definition) is 10. The molecule has 1 aliphatic heterocycles. The van der Waals surface area contributed by atoms with Gasteiger partial charge >= 0.3 is 17.9 Å². The zero-order valence-corrected chi connectivity index (χ0v) is 18.8. The van der Waals surface area contributed by atoms with Gasteiger partial charge in [-0.25, -0.2) is 14.4 Å². The van der Waals surface area contributed by atoms with Crippen LogP contribution in [0.25, 0.3) is 0 Å². The van der Waals surface area contributed by atoms with Gasteiger partial charge in [0.1, 0.15) is 23.1 Å². The number of hydrogen-bond donors (Lipinski definition) is 1. The van der Waals surface area contributed by atoms with E-state index in [4.69, 9.17) is 30.5 Å². The molecular weight excluding hydrogens is 466 g/mol. The van der Waals surface area contributed by atoms with E-state index in [1.54, 1.807) is 0 Å². The van der Waals surface area contributed by atoms with Gasteiger partial charge in [0.15, 0.2) is 18.1 Å². The van der Waals surface area contributed by atoms with Crippen LogP contribution in [-0.2, 0) is 19.0 Å². The molecule has 10 nitrogen and oxygen atoms in total. The van der Waals surface area contributed by atoms with E-state index in [9.17, 15) is 19.2 Å². The molecule has 0 radical (unpaired) electrons. The van der Waals surface area contributed by atoms with Gasteiger partial charge in [-0.2, -0.15) is 0 Å². The van der Waals surface area contributed by atoms with Gasteiger partial charge in [-0.05, 0) is 24.6 Å². The maximum Gasteiger partial charge on any atom is 0.348 e. The predicted molar refractivity (Wildman–Crippen MR) is 113 cm³/mol. The zero-order valence-electron chi connectivity index (χ0n) is 17.2. The Labute approximate surface area is 191 Å². The van der Waals surface area contributed by atoms with Gasteiger partial charge in [0.25, 0.3) is 5.91 Å². The second-order valence-corrected chi connectivity index (χ2v) is 7.78. The van der Waals surface area contributed by atoms with Crippen molar-refractivity contribution < 1.29 is 42.9 Å². The molecule has 1 amide bonds. The van der Waals surface area contributed by atoms with E-state index in [2.05, 4.69) is 10.1 Å². The van der Waals surface area contributed by atoms with Crippen LogP contribution >= 0.6 is 22.9 Å². The number of halogens is 1. The van der Waals surface area contributed by atoms with Crippen molar-refractivity contribution in [3.05, 3.63) is 38.7 Å². The van der Waals surface area contributed by atoms with Crippen LogP contribution in [0, 0.1) is 6.92 Å². The minimum atomic E-state index is -0.815. The lowest BCUT2D eigenvalue weighted by Crippen LogP contribution is -2.22. The highest BCUT2D eigenvalue weighted by Crippen LogP contribution is 2.38. The van der Waals surface area contributed by atoms with Crippen LogP contribution in [-0.4, -0.2) is 57.9 Å². The summed E-state index contributed by atoms with van der Waals surface area (Å²) in [5.74, 6) is -2.33. The molecule has 1 aliphatic rings. The molecule has 1 aromatic carbocycles. The van der Waals surface area contributed by atoms with E-state index in [1.165, 1.54) is 33.3 Å². The van der Waals surface area contributed by atoms with E-state index in [1.807, 2.05) is 0 Å². The summed E-state index contributed by atoms with van der Waals surface area (Å²) in [4.78, 5) is 48.9. The fourth-order valence-corrected chi connectivity index (χ4v) is 4.24. The summed E-state index contributed by atoms with van der Waals surface area (Å²) in [6.07, 6.45) is 0.